The fourth-order valence-corrected chi connectivity index (χ4v) is 2.56. The summed E-state index contributed by atoms with van der Waals surface area (Å²) in [6.07, 6.45) is 3.83. The number of para-hydroxylation sites is 1. The van der Waals surface area contributed by atoms with E-state index in [1.165, 1.54) is 19.0 Å². The summed E-state index contributed by atoms with van der Waals surface area (Å²) in [5.41, 5.74) is 1.22. The van der Waals surface area contributed by atoms with Gasteiger partial charge in [-0.05, 0) is 36.1 Å². The van der Waals surface area contributed by atoms with Crippen LogP contribution < -0.4 is 5.43 Å². The molecule has 1 aromatic heterocycles. The molecule has 0 bridgehead atoms. The van der Waals surface area contributed by atoms with Crippen LogP contribution in [0.5, 0.6) is 0 Å². The van der Waals surface area contributed by atoms with Crippen LogP contribution in [0.3, 0.4) is 0 Å². The Kier molecular flexibility index (Phi) is 2.47. The average molecular weight is 246 g/mol. The number of benzene rings is 1. The van der Waals surface area contributed by atoms with Crippen molar-refractivity contribution in [1.29, 1.82) is 0 Å². The van der Waals surface area contributed by atoms with Gasteiger partial charge in [-0.2, -0.15) is 17.7 Å². The van der Waals surface area contributed by atoms with E-state index in [2.05, 4.69) is 17.7 Å². The Bertz CT molecular complexity index is 616. The summed E-state index contributed by atoms with van der Waals surface area (Å²) in [7, 11) is 0. The van der Waals surface area contributed by atoms with Crippen molar-refractivity contribution < 1.29 is 0 Å². The summed E-state index contributed by atoms with van der Waals surface area (Å²) in [6, 6.07) is 7.65. The highest BCUT2D eigenvalue weighted by atomic mass is 32.1. The maximum atomic E-state index is 11.7. The molecule has 0 atom stereocenters. The molecule has 1 aromatic carbocycles. The Morgan fingerprint density at radius 3 is 2.82 bits per heavy atom. The molecule has 1 fully saturated rings. The van der Waals surface area contributed by atoms with E-state index in [0.717, 1.165) is 23.2 Å². The molecule has 0 radical (unpaired) electrons. The summed E-state index contributed by atoms with van der Waals surface area (Å²) < 4.78 is 1.94. The molecule has 3 nitrogen and oxygen atoms in total. The highest BCUT2D eigenvalue weighted by molar-refractivity contribution is 7.80. The second kappa shape index (κ2) is 3.88. The van der Waals surface area contributed by atoms with Crippen LogP contribution in [0.1, 0.15) is 12.8 Å². The van der Waals surface area contributed by atoms with Crippen LogP contribution >= 0.6 is 12.6 Å². The fourth-order valence-electron chi connectivity index (χ4n) is 2.15. The summed E-state index contributed by atoms with van der Waals surface area (Å²) in [5, 5.41) is 5.00. The van der Waals surface area contributed by atoms with Gasteiger partial charge in [-0.15, -0.1) is 0 Å². The molecule has 0 unspecified atom stereocenters. The third kappa shape index (κ3) is 1.86. The van der Waals surface area contributed by atoms with E-state index in [1.54, 1.807) is 0 Å². The van der Waals surface area contributed by atoms with Gasteiger partial charge in [0, 0.05) is 11.9 Å². The highest BCUT2D eigenvalue weighted by Crippen LogP contribution is 2.47. The van der Waals surface area contributed by atoms with Gasteiger partial charge in [-0.3, -0.25) is 9.48 Å². The van der Waals surface area contributed by atoms with Gasteiger partial charge >= 0.3 is 0 Å². The van der Waals surface area contributed by atoms with Crippen molar-refractivity contribution in [3.8, 4) is 0 Å². The molecule has 88 valence electrons. The van der Waals surface area contributed by atoms with Gasteiger partial charge in [0.1, 0.15) is 0 Å². The molecular weight excluding hydrogens is 232 g/mol. The largest absolute Gasteiger partial charge is 0.287 e. The fraction of sp³-hybridized carbons (Fsp3) is 0.385. The topological polar surface area (TPSA) is 34.9 Å². The van der Waals surface area contributed by atoms with Crippen molar-refractivity contribution in [1.82, 2.24) is 9.78 Å². The van der Waals surface area contributed by atoms with Crippen molar-refractivity contribution in [2.45, 2.75) is 19.4 Å². The standard InChI is InChI=1S/C13H14N2OS/c16-12-7-14-15(8-13(9-17)5-6-13)11-4-2-1-3-10(11)12/h1-4,7,17H,5-6,8-9H2. The molecule has 1 saturated carbocycles. The molecule has 0 N–H and O–H groups in total. The van der Waals surface area contributed by atoms with Gasteiger partial charge < -0.3 is 0 Å². The molecule has 1 aliphatic carbocycles. The number of hydrogen-bond acceptors (Lipinski definition) is 3. The van der Waals surface area contributed by atoms with E-state index in [1.807, 2.05) is 28.9 Å². The van der Waals surface area contributed by atoms with Gasteiger partial charge in [0.15, 0.2) is 0 Å². The molecule has 0 amide bonds. The molecule has 0 saturated heterocycles. The molecule has 1 heterocycles. The van der Waals surface area contributed by atoms with Gasteiger partial charge in [-0.1, -0.05) is 12.1 Å². The first-order valence-electron chi connectivity index (χ1n) is 5.80. The smallest absolute Gasteiger partial charge is 0.207 e. The zero-order valence-corrected chi connectivity index (χ0v) is 10.4. The lowest BCUT2D eigenvalue weighted by atomic mass is 10.1. The Morgan fingerprint density at radius 2 is 2.12 bits per heavy atom. The molecule has 2 aromatic rings. The zero-order valence-electron chi connectivity index (χ0n) is 9.47. The second-order valence-electron chi connectivity index (χ2n) is 4.84. The molecule has 4 heteroatoms. The minimum Gasteiger partial charge on any atom is -0.287 e. The second-order valence-corrected chi connectivity index (χ2v) is 5.16. The average Bonchev–Trinajstić information content (AvgIpc) is 3.14. The van der Waals surface area contributed by atoms with Crippen molar-refractivity contribution >= 4 is 23.5 Å². The normalized spacial score (nSPS) is 17.2. The van der Waals surface area contributed by atoms with Crippen LogP contribution in [0.15, 0.2) is 35.3 Å². The molecule has 0 aliphatic heterocycles. The quantitative estimate of drug-likeness (QED) is 0.842. The van der Waals surface area contributed by atoms with Gasteiger partial charge in [0.25, 0.3) is 0 Å². The van der Waals surface area contributed by atoms with Gasteiger partial charge in [-0.25, -0.2) is 0 Å². The zero-order chi connectivity index (χ0) is 11.9. The maximum Gasteiger partial charge on any atom is 0.207 e. The summed E-state index contributed by atoms with van der Waals surface area (Å²) in [5.74, 6) is 0.884. The predicted octanol–water partition coefficient (Wildman–Crippen LogP) is 2.11. The van der Waals surface area contributed by atoms with Crippen LogP contribution in [-0.4, -0.2) is 15.5 Å². The van der Waals surface area contributed by atoms with E-state index in [9.17, 15) is 4.79 Å². The minimum absolute atomic E-state index is 0.00688. The lowest BCUT2D eigenvalue weighted by molar-refractivity contribution is 0.446. The first kappa shape index (κ1) is 10.8. The van der Waals surface area contributed by atoms with Crippen molar-refractivity contribution in [3.05, 3.63) is 40.7 Å². The molecule has 1 aliphatic rings. The summed E-state index contributed by atoms with van der Waals surface area (Å²) >= 11 is 4.41. The molecule has 0 spiro atoms. The van der Waals surface area contributed by atoms with Gasteiger partial charge in [0.2, 0.25) is 5.43 Å². The van der Waals surface area contributed by atoms with E-state index in [0.29, 0.717) is 5.41 Å². The molecule has 3 rings (SSSR count). The van der Waals surface area contributed by atoms with E-state index in [-0.39, 0.29) is 5.43 Å². The van der Waals surface area contributed by atoms with E-state index < -0.39 is 0 Å². The van der Waals surface area contributed by atoms with Gasteiger partial charge in [0.05, 0.1) is 11.7 Å². The van der Waals surface area contributed by atoms with Crippen molar-refractivity contribution in [2.24, 2.45) is 5.41 Å². The SMILES string of the molecule is O=c1cnn(CC2(CS)CC2)c2ccccc12. The lowest BCUT2D eigenvalue weighted by Crippen LogP contribution is -2.19. The van der Waals surface area contributed by atoms with Crippen molar-refractivity contribution in [2.75, 3.05) is 5.75 Å². The Hall–Kier alpha value is -1.29. The number of fused-ring (bicyclic) bond motifs is 1. The first-order chi connectivity index (χ1) is 8.24. The van der Waals surface area contributed by atoms with Crippen LogP contribution in [0.4, 0.5) is 0 Å². The lowest BCUT2D eigenvalue weighted by Gasteiger charge is -2.15. The van der Waals surface area contributed by atoms with Crippen LogP contribution in [0.2, 0.25) is 0 Å². The number of nitrogens with zero attached hydrogens (tertiary/aromatic N) is 2. The highest BCUT2D eigenvalue weighted by Gasteiger charge is 2.41. The Labute approximate surface area is 105 Å². The minimum atomic E-state index is -0.00688. The number of rotatable bonds is 3. The summed E-state index contributed by atoms with van der Waals surface area (Å²) in [6.45, 7) is 0.858. The Balaban J connectivity index is 2.11. The van der Waals surface area contributed by atoms with Crippen LogP contribution in [-0.2, 0) is 6.54 Å². The maximum absolute atomic E-state index is 11.7. The van der Waals surface area contributed by atoms with Crippen LogP contribution in [0.25, 0.3) is 10.9 Å². The predicted molar refractivity (Wildman–Crippen MR) is 71.5 cm³/mol. The Morgan fingerprint density at radius 1 is 1.35 bits per heavy atom. The molecule has 17 heavy (non-hydrogen) atoms. The summed E-state index contributed by atoms with van der Waals surface area (Å²) in [4.78, 5) is 11.7. The number of thiol groups is 1. The number of aromatic nitrogens is 2. The van der Waals surface area contributed by atoms with Crippen molar-refractivity contribution in [3.63, 3.8) is 0 Å². The third-order valence-corrected chi connectivity index (χ3v) is 4.21. The van der Waals surface area contributed by atoms with E-state index in [4.69, 9.17) is 0 Å². The first-order valence-corrected chi connectivity index (χ1v) is 6.43. The van der Waals surface area contributed by atoms with E-state index >= 15 is 0 Å². The van der Waals surface area contributed by atoms with Crippen LogP contribution in [0, 0.1) is 5.41 Å². The third-order valence-electron chi connectivity index (χ3n) is 3.54. The number of hydrogen-bond donors (Lipinski definition) is 1. The monoisotopic (exact) mass is 246 g/mol. The molecular formula is C13H14N2OS.